The van der Waals surface area contributed by atoms with Gasteiger partial charge < -0.3 is 9.80 Å². The fourth-order valence-corrected chi connectivity index (χ4v) is 2.45. The normalized spacial score (nSPS) is 21.2. The predicted molar refractivity (Wildman–Crippen MR) is 75.4 cm³/mol. The second kappa shape index (κ2) is 4.02. The molecule has 0 spiro atoms. The zero-order valence-electron chi connectivity index (χ0n) is 13.5. The largest absolute Gasteiger partial charge is 0.352 e. The topological polar surface area (TPSA) is 19.4 Å². The monoisotopic (exact) mass is 242 g/mol. The number of hydrogen-bond acceptors (Lipinski definition) is 3. The third-order valence-corrected chi connectivity index (χ3v) is 3.42. The summed E-state index contributed by atoms with van der Waals surface area (Å²) in [5, 5.41) is 0. The molecule has 3 heteroatoms. The summed E-state index contributed by atoms with van der Waals surface area (Å²) in [5.41, 5.74) is 3.63. The lowest BCUT2D eigenvalue weighted by atomic mass is 10.1. The molecule has 18 heavy (non-hydrogen) atoms. The maximum absolute atomic E-state index is 7.81. The van der Waals surface area contributed by atoms with Crippen LogP contribution in [0.5, 0.6) is 0 Å². The van der Waals surface area contributed by atoms with Crippen LogP contribution in [-0.4, -0.2) is 18.1 Å². The standard InChI is InChI=1S/C15H17N3/c1-11-6-4-5-7-13(11)18-12(2)17(3)14-8-9-16-10-15(14)18/h4-10,12H,1-3H3/t12-/m0/s1/i3D3. The molecule has 1 aliphatic heterocycles. The smallest absolute Gasteiger partial charge is 0.103 e. The van der Waals surface area contributed by atoms with Crippen molar-refractivity contribution in [2.75, 3.05) is 16.8 Å². The lowest BCUT2D eigenvalue weighted by Gasteiger charge is -2.28. The van der Waals surface area contributed by atoms with E-state index in [1.54, 1.807) is 18.5 Å². The van der Waals surface area contributed by atoms with Crippen LogP contribution < -0.4 is 9.80 Å². The van der Waals surface area contributed by atoms with E-state index in [0.717, 1.165) is 16.9 Å². The summed E-state index contributed by atoms with van der Waals surface area (Å²) in [4.78, 5) is 7.66. The SMILES string of the molecule is [2H]C([2H])([2H])N1c2ccncc2N(c2ccccc2C)[C@H]1C. The third kappa shape index (κ3) is 1.47. The number of pyridine rings is 1. The molecule has 1 aliphatic rings. The summed E-state index contributed by atoms with van der Waals surface area (Å²) < 4.78 is 23.4. The molecule has 0 radical (unpaired) electrons. The van der Waals surface area contributed by atoms with Crippen LogP contribution >= 0.6 is 0 Å². The van der Waals surface area contributed by atoms with Gasteiger partial charge in [-0.15, -0.1) is 0 Å². The molecule has 0 amide bonds. The molecule has 3 rings (SSSR count). The second-order valence-electron chi connectivity index (χ2n) is 4.52. The van der Waals surface area contributed by atoms with E-state index in [4.69, 9.17) is 4.11 Å². The molecule has 2 heterocycles. The Morgan fingerprint density at radius 2 is 2.00 bits per heavy atom. The lowest BCUT2D eigenvalue weighted by molar-refractivity contribution is 0.732. The molecule has 1 aromatic carbocycles. The number of aromatic nitrogens is 1. The molecule has 0 saturated heterocycles. The van der Waals surface area contributed by atoms with Crippen LogP contribution in [0.1, 0.15) is 16.6 Å². The van der Waals surface area contributed by atoms with E-state index in [2.05, 4.69) is 4.98 Å². The van der Waals surface area contributed by atoms with Crippen LogP contribution in [0.15, 0.2) is 42.7 Å². The van der Waals surface area contributed by atoms with Crippen molar-refractivity contribution in [2.45, 2.75) is 20.0 Å². The van der Waals surface area contributed by atoms with Gasteiger partial charge >= 0.3 is 0 Å². The number of fused-ring (bicyclic) bond motifs is 1. The van der Waals surface area contributed by atoms with E-state index in [0.29, 0.717) is 5.69 Å². The van der Waals surface area contributed by atoms with Crippen LogP contribution in [0.3, 0.4) is 0 Å². The van der Waals surface area contributed by atoms with Crippen molar-refractivity contribution < 1.29 is 4.11 Å². The van der Waals surface area contributed by atoms with Crippen molar-refractivity contribution >= 4 is 17.1 Å². The number of anilines is 3. The van der Waals surface area contributed by atoms with E-state index >= 15 is 0 Å². The van der Waals surface area contributed by atoms with Gasteiger partial charge in [0.15, 0.2) is 0 Å². The molecule has 0 unspecified atom stereocenters. The Morgan fingerprint density at radius 1 is 1.17 bits per heavy atom. The van der Waals surface area contributed by atoms with Gasteiger partial charge in [-0.1, -0.05) is 18.2 Å². The molecule has 0 aliphatic carbocycles. The first kappa shape index (κ1) is 8.14. The minimum Gasteiger partial charge on any atom is -0.352 e. The van der Waals surface area contributed by atoms with Crippen molar-refractivity contribution in [3.05, 3.63) is 48.3 Å². The fraction of sp³-hybridized carbons (Fsp3) is 0.267. The predicted octanol–water partition coefficient (Wildman–Crippen LogP) is 3.32. The summed E-state index contributed by atoms with van der Waals surface area (Å²) >= 11 is 0. The van der Waals surface area contributed by atoms with Crippen LogP contribution in [0, 0.1) is 6.92 Å². The molecule has 0 bridgehead atoms. The number of rotatable bonds is 1. The average molecular weight is 242 g/mol. The zero-order chi connectivity index (χ0) is 15.2. The van der Waals surface area contributed by atoms with Crippen LogP contribution in [0.25, 0.3) is 0 Å². The van der Waals surface area contributed by atoms with Gasteiger partial charge in [0, 0.05) is 23.0 Å². The number of aryl methyl sites for hydroxylation is 1. The fourth-order valence-electron chi connectivity index (χ4n) is 2.45. The Labute approximate surface area is 112 Å². The summed E-state index contributed by atoms with van der Waals surface area (Å²) in [6.45, 7) is 1.74. The Bertz CT molecular complexity index is 669. The minimum atomic E-state index is -2.19. The van der Waals surface area contributed by atoms with Crippen LogP contribution in [0.2, 0.25) is 0 Å². The van der Waals surface area contributed by atoms with Gasteiger partial charge in [-0.05, 0) is 31.5 Å². The Morgan fingerprint density at radius 3 is 2.78 bits per heavy atom. The molecular weight excluding hydrogens is 222 g/mol. The number of hydrogen-bond donors (Lipinski definition) is 0. The van der Waals surface area contributed by atoms with Gasteiger partial charge in [0.1, 0.15) is 6.17 Å². The average Bonchev–Trinajstić information content (AvgIpc) is 2.71. The maximum Gasteiger partial charge on any atom is 0.103 e. The van der Waals surface area contributed by atoms with Gasteiger partial charge in [0.25, 0.3) is 0 Å². The first-order valence-electron chi connectivity index (χ1n) is 7.49. The third-order valence-electron chi connectivity index (χ3n) is 3.42. The molecule has 1 aromatic heterocycles. The van der Waals surface area contributed by atoms with E-state index in [1.165, 1.54) is 4.90 Å². The summed E-state index contributed by atoms with van der Waals surface area (Å²) in [6.07, 6.45) is 3.06. The van der Waals surface area contributed by atoms with Crippen molar-refractivity contribution in [3.8, 4) is 0 Å². The Kier molecular flexibility index (Phi) is 1.82. The molecule has 1 atom stereocenters. The molecule has 0 fully saturated rings. The molecular formula is C15H17N3. The van der Waals surface area contributed by atoms with Crippen molar-refractivity contribution in [1.82, 2.24) is 4.98 Å². The Hall–Kier alpha value is -2.03. The highest BCUT2D eigenvalue weighted by Crippen LogP contribution is 2.43. The first-order valence-corrected chi connectivity index (χ1v) is 5.99. The second-order valence-corrected chi connectivity index (χ2v) is 4.52. The molecule has 0 saturated carbocycles. The maximum atomic E-state index is 7.81. The highest BCUT2D eigenvalue weighted by atomic mass is 15.4. The quantitative estimate of drug-likeness (QED) is 0.764. The minimum absolute atomic E-state index is 0.294. The van der Waals surface area contributed by atoms with Gasteiger partial charge in [0.05, 0.1) is 17.6 Å². The molecule has 92 valence electrons. The van der Waals surface area contributed by atoms with Gasteiger partial charge in [0.2, 0.25) is 0 Å². The summed E-state index contributed by atoms with van der Waals surface area (Å²) in [6, 6.07) is 9.73. The first-order chi connectivity index (χ1) is 9.91. The van der Waals surface area contributed by atoms with Gasteiger partial charge in [-0.25, -0.2) is 0 Å². The summed E-state index contributed by atoms with van der Waals surface area (Å²) in [5.74, 6) is 0. The number of para-hydroxylation sites is 1. The highest BCUT2D eigenvalue weighted by molar-refractivity contribution is 5.83. The van der Waals surface area contributed by atoms with E-state index < -0.39 is 6.98 Å². The molecule has 3 nitrogen and oxygen atoms in total. The number of nitrogens with zero attached hydrogens (tertiary/aromatic N) is 3. The summed E-state index contributed by atoms with van der Waals surface area (Å²) in [7, 11) is 0. The zero-order valence-corrected chi connectivity index (χ0v) is 10.5. The highest BCUT2D eigenvalue weighted by Gasteiger charge is 2.31. The number of benzene rings is 1. The molecule has 0 N–H and O–H groups in total. The van der Waals surface area contributed by atoms with Gasteiger partial charge in [-0.3, -0.25) is 4.98 Å². The van der Waals surface area contributed by atoms with E-state index in [9.17, 15) is 0 Å². The van der Waals surface area contributed by atoms with E-state index in [1.807, 2.05) is 43.0 Å². The van der Waals surface area contributed by atoms with Crippen molar-refractivity contribution in [2.24, 2.45) is 0 Å². The van der Waals surface area contributed by atoms with Crippen molar-refractivity contribution in [3.63, 3.8) is 0 Å². The Balaban J connectivity index is 2.18. The lowest BCUT2D eigenvalue weighted by Crippen LogP contribution is -2.35. The van der Waals surface area contributed by atoms with E-state index in [-0.39, 0.29) is 6.17 Å². The van der Waals surface area contributed by atoms with Crippen LogP contribution in [-0.2, 0) is 0 Å². The van der Waals surface area contributed by atoms with Crippen LogP contribution in [0.4, 0.5) is 17.1 Å². The van der Waals surface area contributed by atoms with Crippen molar-refractivity contribution in [1.29, 1.82) is 0 Å². The molecule has 2 aromatic rings. The van der Waals surface area contributed by atoms with Gasteiger partial charge in [-0.2, -0.15) is 0 Å².